The topological polar surface area (TPSA) is 32.3 Å². The van der Waals surface area contributed by atoms with Gasteiger partial charge in [-0.1, -0.05) is 66.7 Å². The van der Waals surface area contributed by atoms with Crippen molar-refractivity contribution in [1.29, 1.82) is 0 Å². The minimum atomic E-state index is -0.211. The largest absolute Gasteiger partial charge is 0.321 e. The Morgan fingerprint density at radius 3 is 1.93 bits per heavy atom. The molecule has 0 saturated heterocycles. The lowest BCUT2D eigenvalue weighted by molar-refractivity contribution is 0.0977. The number of carbonyl (C=O) groups is 1. The molecule has 4 rings (SSSR count). The quantitative estimate of drug-likeness (QED) is 0.391. The highest BCUT2D eigenvalue weighted by atomic mass is 32.1. The molecule has 0 spiro atoms. The number of hydrogen-bond donors (Lipinski definition) is 1. The highest BCUT2D eigenvalue weighted by Gasteiger charge is 2.17. The number of thiocarbonyl (C=S) groups is 1. The molecule has 0 saturated carbocycles. The number of nitrogens with one attached hydrogen (secondary N) is 1. The first-order chi connectivity index (χ1) is 13.1. The van der Waals surface area contributed by atoms with Gasteiger partial charge in [0, 0.05) is 23.4 Å². The summed E-state index contributed by atoms with van der Waals surface area (Å²) in [5, 5.41) is 7.66. The molecule has 3 nitrogen and oxygen atoms in total. The molecule has 0 heterocycles. The molecule has 4 aromatic rings. The van der Waals surface area contributed by atoms with E-state index in [0.717, 1.165) is 27.2 Å². The average Bonchev–Trinajstić information content (AvgIpc) is 2.72. The van der Waals surface area contributed by atoms with E-state index in [9.17, 15) is 4.79 Å². The van der Waals surface area contributed by atoms with Crippen molar-refractivity contribution < 1.29 is 4.79 Å². The van der Waals surface area contributed by atoms with Crippen LogP contribution >= 0.6 is 12.2 Å². The van der Waals surface area contributed by atoms with Gasteiger partial charge in [0.25, 0.3) is 5.91 Å². The van der Waals surface area contributed by atoms with Gasteiger partial charge in [-0.3, -0.25) is 10.1 Å². The molecule has 27 heavy (non-hydrogen) atoms. The number of nitrogens with zero attached hydrogens (tertiary/aromatic N) is 1. The van der Waals surface area contributed by atoms with Gasteiger partial charge in [-0.05, 0) is 41.2 Å². The van der Waals surface area contributed by atoms with Gasteiger partial charge in [-0.2, -0.15) is 0 Å². The van der Waals surface area contributed by atoms with E-state index in [-0.39, 0.29) is 5.91 Å². The van der Waals surface area contributed by atoms with E-state index in [2.05, 4.69) is 35.6 Å². The van der Waals surface area contributed by atoms with E-state index in [0.29, 0.717) is 10.7 Å². The Morgan fingerprint density at radius 2 is 1.33 bits per heavy atom. The van der Waals surface area contributed by atoms with E-state index < -0.39 is 0 Å². The second kappa shape index (κ2) is 7.17. The van der Waals surface area contributed by atoms with Gasteiger partial charge >= 0.3 is 0 Å². The first kappa shape index (κ1) is 17.2. The molecule has 0 unspecified atom stereocenters. The number of carbonyl (C=O) groups excluding carboxylic acids is 1. The Balaban J connectivity index is 1.76. The van der Waals surface area contributed by atoms with Crippen LogP contribution in [-0.2, 0) is 0 Å². The molecule has 0 aliphatic rings. The Kier molecular flexibility index (Phi) is 4.57. The molecule has 0 radical (unpaired) electrons. The second-order valence-electron chi connectivity index (χ2n) is 6.35. The van der Waals surface area contributed by atoms with Crippen LogP contribution in [0.3, 0.4) is 0 Å². The molecule has 0 atom stereocenters. The molecule has 4 aromatic carbocycles. The molecule has 0 fully saturated rings. The van der Waals surface area contributed by atoms with Crippen molar-refractivity contribution >= 4 is 50.5 Å². The van der Waals surface area contributed by atoms with Crippen molar-refractivity contribution in [2.24, 2.45) is 0 Å². The Hall–Kier alpha value is -3.24. The van der Waals surface area contributed by atoms with Gasteiger partial charge in [0.05, 0.1) is 5.69 Å². The molecule has 0 bridgehead atoms. The smallest absolute Gasteiger partial charge is 0.257 e. The normalized spacial score (nSPS) is 10.7. The van der Waals surface area contributed by atoms with Crippen molar-refractivity contribution in [2.45, 2.75) is 0 Å². The van der Waals surface area contributed by atoms with Crippen LogP contribution in [0, 0.1) is 0 Å². The predicted octanol–water partition coefficient (Wildman–Crippen LogP) is 5.14. The summed E-state index contributed by atoms with van der Waals surface area (Å²) in [6.45, 7) is 0. The van der Waals surface area contributed by atoms with E-state index in [1.807, 2.05) is 54.4 Å². The van der Waals surface area contributed by atoms with Crippen LogP contribution in [0.5, 0.6) is 0 Å². The second-order valence-corrected chi connectivity index (χ2v) is 6.74. The van der Waals surface area contributed by atoms with E-state index in [1.54, 1.807) is 12.1 Å². The van der Waals surface area contributed by atoms with Crippen LogP contribution in [0.2, 0.25) is 0 Å². The average molecular weight is 370 g/mol. The highest BCUT2D eigenvalue weighted by molar-refractivity contribution is 7.80. The minimum Gasteiger partial charge on any atom is -0.321 e. The fourth-order valence-corrected chi connectivity index (χ4v) is 3.48. The third kappa shape index (κ3) is 3.27. The first-order valence-electron chi connectivity index (χ1n) is 8.70. The van der Waals surface area contributed by atoms with Gasteiger partial charge in [-0.25, -0.2) is 0 Å². The zero-order valence-corrected chi connectivity index (χ0v) is 15.7. The number of benzene rings is 4. The summed E-state index contributed by atoms with van der Waals surface area (Å²) in [7, 11) is 1.89. The Morgan fingerprint density at radius 1 is 0.815 bits per heavy atom. The van der Waals surface area contributed by atoms with E-state index in [1.165, 1.54) is 0 Å². The van der Waals surface area contributed by atoms with Gasteiger partial charge in [0.1, 0.15) is 0 Å². The Labute approximate surface area is 163 Å². The maximum atomic E-state index is 12.5. The summed E-state index contributed by atoms with van der Waals surface area (Å²) >= 11 is 5.55. The van der Waals surface area contributed by atoms with Crippen molar-refractivity contribution in [3.63, 3.8) is 0 Å². The van der Waals surface area contributed by atoms with Crippen LogP contribution < -0.4 is 10.2 Å². The van der Waals surface area contributed by atoms with Crippen LogP contribution in [0.1, 0.15) is 10.4 Å². The fraction of sp³-hybridized carbons (Fsp3) is 0.0435. The molecule has 0 aliphatic carbocycles. The van der Waals surface area contributed by atoms with E-state index in [4.69, 9.17) is 12.2 Å². The maximum Gasteiger partial charge on any atom is 0.257 e. The van der Waals surface area contributed by atoms with Crippen LogP contribution in [-0.4, -0.2) is 18.1 Å². The lowest BCUT2D eigenvalue weighted by atomic mass is 10.0. The highest BCUT2D eigenvalue weighted by Crippen LogP contribution is 2.35. The van der Waals surface area contributed by atoms with Crippen molar-refractivity contribution in [1.82, 2.24) is 5.32 Å². The van der Waals surface area contributed by atoms with Crippen molar-refractivity contribution in [3.8, 4) is 0 Å². The molecular formula is C23H18N2OS. The molecule has 1 amide bonds. The summed E-state index contributed by atoms with van der Waals surface area (Å²) in [4.78, 5) is 14.4. The van der Waals surface area contributed by atoms with Crippen LogP contribution in [0.4, 0.5) is 5.69 Å². The van der Waals surface area contributed by atoms with Crippen LogP contribution in [0.15, 0.2) is 84.9 Å². The zero-order valence-electron chi connectivity index (χ0n) is 14.8. The molecular weight excluding hydrogens is 352 g/mol. The van der Waals surface area contributed by atoms with Crippen molar-refractivity contribution in [2.75, 3.05) is 11.9 Å². The summed E-state index contributed by atoms with van der Waals surface area (Å²) in [5.41, 5.74) is 1.57. The molecule has 0 aromatic heterocycles. The lowest BCUT2D eigenvalue weighted by Gasteiger charge is -2.24. The van der Waals surface area contributed by atoms with Gasteiger partial charge < -0.3 is 4.90 Å². The third-order valence-corrected chi connectivity index (χ3v) is 5.02. The molecule has 1 N–H and O–H groups in total. The monoisotopic (exact) mass is 370 g/mol. The lowest BCUT2D eigenvalue weighted by Crippen LogP contribution is -2.40. The summed E-state index contributed by atoms with van der Waals surface area (Å²) in [5.74, 6) is -0.211. The molecule has 4 heteroatoms. The zero-order chi connectivity index (χ0) is 18.8. The predicted molar refractivity (Wildman–Crippen MR) is 116 cm³/mol. The Bertz CT molecular complexity index is 1100. The summed E-state index contributed by atoms with van der Waals surface area (Å²) < 4.78 is 0. The number of amides is 1. The SMILES string of the molecule is CN(C(=S)NC(=O)c1ccccc1)c1c2ccccc2cc2ccccc12. The third-order valence-electron chi connectivity index (χ3n) is 4.64. The van der Waals surface area contributed by atoms with Gasteiger partial charge in [0.15, 0.2) is 5.11 Å². The van der Waals surface area contributed by atoms with Crippen LogP contribution in [0.25, 0.3) is 21.5 Å². The van der Waals surface area contributed by atoms with Crippen molar-refractivity contribution in [3.05, 3.63) is 90.5 Å². The standard InChI is InChI=1S/C23H18N2OS/c1-25(23(27)24-22(26)16-9-3-2-4-10-16)21-19-13-7-5-11-17(19)15-18-12-6-8-14-20(18)21/h2-15H,1H3,(H,24,26,27). The minimum absolute atomic E-state index is 0.211. The number of anilines is 1. The number of fused-ring (bicyclic) bond motifs is 2. The number of hydrogen-bond acceptors (Lipinski definition) is 2. The molecule has 132 valence electrons. The first-order valence-corrected chi connectivity index (χ1v) is 9.10. The number of rotatable bonds is 2. The van der Waals surface area contributed by atoms with E-state index >= 15 is 0 Å². The van der Waals surface area contributed by atoms with Gasteiger partial charge in [-0.15, -0.1) is 0 Å². The molecule has 0 aliphatic heterocycles. The summed E-state index contributed by atoms with van der Waals surface area (Å²) in [6, 6.07) is 27.7. The van der Waals surface area contributed by atoms with Gasteiger partial charge in [0.2, 0.25) is 0 Å². The fourth-order valence-electron chi connectivity index (χ4n) is 3.30. The maximum absolute atomic E-state index is 12.5. The summed E-state index contributed by atoms with van der Waals surface area (Å²) in [6.07, 6.45) is 0.